The summed E-state index contributed by atoms with van der Waals surface area (Å²) in [6, 6.07) is 15.1. The van der Waals surface area contributed by atoms with Gasteiger partial charge in [-0.15, -0.1) is 0 Å². The molecule has 1 heterocycles. The van der Waals surface area contributed by atoms with E-state index in [-0.39, 0.29) is 11.8 Å². The molecule has 0 aliphatic heterocycles. The first kappa shape index (κ1) is 17.7. The molecule has 0 aliphatic carbocycles. The molecule has 134 valence electrons. The second-order valence-corrected chi connectivity index (χ2v) is 6.56. The molecule has 0 atom stereocenters. The van der Waals surface area contributed by atoms with Gasteiger partial charge in [0.1, 0.15) is 17.1 Å². The van der Waals surface area contributed by atoms with E-state index in [9.17, 15) is 4.79 Å². The van der Waals surface area contributed by atoms with E-state index in [0.29, 0.717) is 28.5 Å². The van der Waals surface area contributed by atoms with Crippen LogP contribution >= 0.6 is 0 Å². The lowest BCUT2D eigenvalue weighted by Crippen LogP contribution is -2.14. The van der Waals surface area contributed by atoms with E-state index < -0.39 is 0 Å². The first-order valence-electron chi connectivity index (χ1n) is 8.56. The highest BCUT2D eigenvalue weighted by atomic mass is 16.5. The summed E-state index contributed by atoms with van der Waals surface area (Å²) in [6.07, 6.45) is 0. The number of rotatable bonds is 5. The Balaban J connectivity index is 1.71. The number of ether oxygens (including phenoxy) is 1. The van der Waals surface area contributed by atoms with Crippen molar-refractivity contribution in [3.05, 3.63) is 71.1 Å². The number of benzene rings is 2. The SMILES string of the molecule is Cc1cccc(Oc2ccc(NC(=O)c3c(C)noc3C(C)C)cc2)c1. The number of nitrogens with one attached hydrogen (secondary N) is 1. The molecule has 5 heteroatoms. The van der Waals surface area contributed by atoms with Gasteiger partial charge in [0.25, 0.3) is 5.91 Å². The summed E-state index contributed by atoms with van der Waals surface area (Å²) in [4.78, 5) is 12.6. The number of hydrogen-bond donors (Lipinski definition) is 1. The molecule has 26 heavy (non-hydrogen) atoms. The van der Waals surface area contributed by atoms with Crippen molar-refractivity contribution < 1.29 is 14.1 Å². The molecule has 1 aromatic heterocycles. The Morgan fingerprint density at radius 1 is 1.08 bits per heavy atom. The molecule has 3 rings (SSSR count). The van der Waals surface area contributed by atoms with Gasteiger partial charge >= 0.3 is 0 Å². The van der Waals surface area contributed by atoms with Crippen molar-refractivity contribution in [2.75, 3.05) is 5.32 Å². The quantitative estimate of drug-likeness (QED) is 0.663. The van der Waals surface area contributed by atoms with Gasteiger partial charge in [0, 0.05) is 11.6 Å². The van der Waals surface area contributed by atoms with E-state index >= 15 is 0 Å². The van der Waals surface area contributed by atoms with Crippen LogP contribution < -0.4 is 10.1 Å². The van der Waals surface area contributed by atoms with Crippen LogP contribution in [0.1, 0.15) is 47.1 Å². The summed E-state index contributed by atoms with van der Waals surface area (Å²) in [5.41, 5.74) is 2.91. The lowest BCUT2D eigenvalue weighted by molar-refractivity contribution is 0.102. The molecule has 0 radical (unpaired) electrons. The van der Waals surface area contributed by atoms with E-state index in [2.05, 4.69) is 10.5 Å². The third-order valence-corrected chi connectivity index (χ3v) is 3.98. The predicted molar refractivity (Wildman–Crippen MR) is 101 cm³/mol. The van der Waals surface area contributed by atoms with Crippen molar-refractivity contribution in [3.8, 4) is 11.5 Å². The molecular weight excluding hydrogens is 328 g/mol. The van der Waals surface area contributed by atoms with E-state index in [4.69, 9.17) is 9.26 Å². The molecule has 0 bridgehead atoms. The first-order chi connectivity index (χ1) is 12.4. The summed E-state index contributed by atoms with van der Waals surface area (Å²) in [5.74, 6) is 1.95. The molecule has 3 aromatic rings. The Bertz CT molecular complexity index is 911. The molecule has 0 saturated heterocycles. The second kappa shape index (κ2) is 7.44. The number of amides is 1. The van der Waals surface area contributed by atoms with Gasteiger partial charge in [-0.1, -0.05) is 31.1 Å². The maximum Gasteiger partial charge on any atom is 0.261 e. The van der Waals surface area contributed by atoms with Crippen molar-refractivity contribution in [2.24, 2.45) is 0 Å². The molecule has 1 amide bonds. The molecular formula is C21H22N2O3. The number of aromatic nitrogens is 1. The van der Waals surface area contributed by atoms with Crippen LogP contribution in [-0.4, -0.2) is 11.1 Å². The highest BCUT2D eigenvalue weighted by Crippen LogP contribution is 2.26. The van der Waals surface area contributed by atoms with Gasteiger partial charge in [0.05, 0.1) is 5.69 Å². The lowest BCUT2D eigenvalue weighted by atomic mass is 10.0. The first-order valence-corrected chi connectivity index (χ1v) is 8.56. The zero-order valence-corrected chi connectivity index (χ0v) is 15.4. The monoisotopic (exact) mass is 350 g/mol. The topological polar surface area (TPSA) is 64.4 Å². The van der Waals surface area contributed by atoms with Crippen molar-refractivity contribution in [1.29, 1.82) is 0 Å². The number of carbonyl (C=O) groups excluding carboxylic acids is 1. The number of carbonyl (C=O) groups is 1. The van der Waals surface area contributed by atoms with Crippen molar-refractivity contribution in [1.82, 2.24) is 5.16 Å². The summed E-state index contributed by atoms with van der Waals surface area (Å²) in [5, 5.41) is 6.80. The third kappa shape index (κ3) is 3.94. The van der Waals surface area contributed by atoms with E-state index in [1.54, 1.807) is 19.1 Å². The maximum absolute atomic E-state index is 12.6. The van der Waals surface area contributed by atoms with E-state index in [1.165, 1.54) is 0 Å². The molecule has 2 aromatic carbocycles. The summed E-state index contributed by atoms with van der Waals surface area (Å²) >= 11 is 0. The largest absolute Gasteiger partial charge is 0.457 e. The van der Waals surface area contributed by atoms with Crippen LogP contribution in [0, 0.1) is 13.8 Å². The Labute approximate surface area is 153 Å². The van der Waals surface area contributed by atoms with Crippen molar-refractivity contribution in [3.63, 3.8) is 0 Å². The standard InChI is InChI=1S/C21H22N2O3/c1-13(2)20-19(15(4)23-26-20)21(24)22-16-8-10-17(11-9-16)25-18-7-5-6-14(3)12-18/h5-13H,1-4H3,(H,22,24). The molecule has 0 fully saturated rings. The summed E-state index contributed by atoms with van der Waals surface area (Å²) < 4.78 is 11.1. The van der Waals surface area contributed by atoms with Crippen LogP contribution in [0.3, 0.4) is 0 Å². The van der Waals surface area contributed by atoms with Crippen LogP contribution in [0.2, 0.25) is 0 Å². The highest BCUT2D eigenvalue weighted by molar-refractivity contribution is 6.05. The number of nitrogens with zero attached hydrogens (tertiary/aromatic N) is 1. The fourth-order valence-corrected chi connectivity index (χ4v) is 2.67. The highest BCUT2D eigenvalue weighted by Gasteiger charge is 2.22. The normalized spacial score (nSPS) is 10.8. The minimum Gasteiger partial charge on any atom is -0.457 e. The van der Waals surface area contributed by atoms with Gasteiger partial charge in [-0.05, 0) is 55.8 Å². The molecule has 0 aliphatic rings. The molecule has 1 N–H and O–H groups in total. The van der Waals surface area contributed by atoms with Crippen LogP contribution in [0.5, 0.6) is 11.5 Å². The van der Waals surface area contributed by atoms with Gasteiger partial charge in [0.15, 0.2) is 5.76 Å². The number of hydrogen-bond acceptors (Lipinski definition) is 4. The minimum absolute atomic E-state index is 0.0852. The average molecular weight is 350 g/mol. The molecule has 0 unspecified atom stereocenters. The molecule has 0 spiro atoms. The Morgan fingerprint density at radius 2 is 1.81 bits per heavy atom. The molecule has 5 nitrogen and oxygen atoms in total. The minimum atomic E-state index is -0.222. The summed E-state index contributed by atoms with van der Waals surface area (Å²) in [7, 11) is 0. The smallest absolute Gasteiger partial charge is 0.261 e. The predicted octanol–water partition coefficient (Wildman–Crippen LogP) is 5.46. The average Bonchev–Trinajstić information content (AvgIpc) is 2.99. The van der Waals surface area contributed by atoms with Crippen LogP contribution in [-0.2, 0) is 0 Å². The summed E-state index contributed by atoms with van der Waals surface area (Å²) in [6.45, 7) is 7.72. The maximum atomic E-state index is 12.6. The fourth-order valence-electron chi connectivity index (χ4n) is 2.67. The van der Waals surface area contributed by atoms with Gasteiger partial charge in [-0.25, -0.2) is 0 Å². The Kier molecular flexibility index (Phi) is 5.07. The van der Waals surface area contributed by atoms with Crippen LogP contribution in [0.15, 0.2) is 53.1 Å². The van der Waals surface area contributed by atoms with E-state index in [1.807, 2.05) is 57.2 Å². The number of anilines is 1. The van der Waals surface area contributed by atoms with Crippen LogP contribution in [0.4, 0.5) is 5.69 Å². The second-order valence-electron chi connectivity index (χ2n) is 6.56. The third-order valence-electron chi connectivity index (χ3n) is 3.98. The van der Waals surface area contributed by atoms with Gasteiger partial charge in [0.2, 0.25) is 0 Å². The lowest BCUT2D eigenvalue weighted by Gasteiger charge is -2.09. The van der Waals surface area contributed by atoms with Crippen molar-refractivity contribution in [2.45, 2.75) is 33.6 Å². The van der Waals surface area contributed by atoms with E-state index in [0.717, 1.165) is 11.3 Å². The zero-order chi connectivity index (χ0) is 18.7. The van der Waals surface area contributed by atoms with Gasteiger partial charge in [-0.3, -0.25) is 4.79 Å². The fraction of sp³-hybridized carbons (Fsp3) is 0.238. The Hall–Kier alpha value is -3.08. The van der Waals surface area contributed by atoms with Crippen molar-refractivity contribution >= 4 is 11.6 Å². The number of aryl methyl sites for hydroxylation is 2. The zero-order valence-electron chi connectivity index (χ0n) is 15.4. The Morgan fingerprint density at radius 3 is 2.46 bits per heavy atom. The molecule has 0 saturated carbocycles. The van der Waals surface area contributed by atoms with Crippen LogP contribution in [0.25, 0.3) is 0 Å². The van der Waals surface area contributed by atoms with Gasteiger partial charge in [-0.2, -0.15) is 0 Å². The van der Waals surface area contributed by atoms with Gasteiger partial charge < -0.3 is 14.6 Å².